The Morgan fingerprint density at radius 2 is 2.00 bits per heavy atom. The molecule has 108 valence electrons. The van der Waals surface area contributed by atoms with E-state index < -0.39 is 0 Å². The number of nitrogens with one attached hydrogen (secondary N) is 1. The number of hydrogen-bond donors (Lipinski definition) is 1. The van der Waals surface area contributed by atoms with Crippen LogP contribution in [0.1, 0.15) is 50.6 Å². The van der Waals surface area contributed by atoms with Crippen LogP contribution in [0.5, 0.6) is 0 Å². The second-order valence-electron chi connectivity index (χ2n) is 6.14. The molecular formula is C18H25NS. The van der Waals surface area contributed by atoms with Gasteiger partial charge in [0.2, 0.25) is 0 Å². The van der Waals surface area contributed by atoms with E-state index in [1.807, 2.05) is 11.3 Å². The molecule has 0 radical (unpaired) electrons. The minimum Gasteiger partial charge on any atom is -0.313 e. The highest BCUT2D eigenvalue weighted by atomic mass is 32.1. The van der Waals surface area contributed by atoms with Crippen LogP contribution in [-0.4, -0.2) is 7.05 Å². The zero-order chi connectivity index (χ0) is 13.9. The average molecular weight is 287 g/mol. The van der Waals surface area contributed by atoms with E-state index in [0.717, 1.165) is 11.8 Å². The van der Waals surface area contributed by atoms with Crippen LogP contribution in [0.3, 0.4) is 0 Å². The molecule has 0 saturated heterocycles. The van der Waals surface area contributed by atoms with Gasteiger partial charge in [-0.25, -0.2) is 0 Å². The van der Waals surface area contributed by atoms with Gasteiger partial charge in [0.25, 0.3) is 0 Å². The van der Waals surface area contributed by atoms with Crippen molar-refractivity contribution in [2.45, 2.75) is 45.1 Å². The van der Waals surface area contributed by atoms with Crippen molar-refractivity contribution in [3.05, 3.63) is 35.2 Å². The second-order valence-corrected chi connectivity index (χ2v) is 7.06. The van der Waals surface area contributed by atoms with Crippen LogP contribution in [0.25, 0.3) is 10.1 Å². The fraction of sp³-hybridized carbons (Fsp3) is 0.556. The molecule has 1 aliphatic carbocycles. The molecule has 1 nitrogen and oxygen atoms in total. The van der Waals surface area contributed by atoms with E-state index in [0.29, 0.717) is 6.04 Å². The van der Waals surface area contributed by atoms with Gasteiger partial charge in [-0.1, -0.05) is 44.4 Å². The van der Waals surface area contributed by atoms with Crippen LogP contribution < -0.4 is 5.32 Å². The minimum atomic E-state index is 0.523. The van der Waals surface area contributed by atoms with E-state index in [9.17, 15) is 0 Å². The van der Waals surface area contributed by atoms with E-state index in [1.165, 1.54) is 47.8 Å². The van der Waals surface area contributed by atoms with E-state index >= 15 is 0 Å². The molecule has 2 aromatic rings. The molecule has 1 fully saturated rings. The van der Waals surface area contributed by atoms with Crippen LogP contribution in [0.2, 0.25) is 0 Å². The summed E-state index contributed by atoms with van der Waals surface area (Å²) >= 11 is 1.89. The summed E-state index contributed by atoms with van der Waals surface area (Å²) in [5.74, 6) is 1.77. The first-order valence-corrected chi connectivity index (χ1v) is 8.84. The highest BCUT2D eigenvalue weighted by molar-refractivity contribution is 7.17. The highest BCUT2D eigenvalue weighted by Gasteiger charge is 2.28. The molecule has 0 aliphatic heterocycles. The van der Waals surface area contributed by atoms with Crippen molar-refractivity contribution in [1.82, 2.24) is 5.32 Å². The normalized spacial score (nSPS) is 24.9. The Bertz CT molecular complexity index is 551. The van der Waals surface area contributed by atoms with Crippen molar-refractivity contribution < 1.29 is 0 Å². The first-order valence-electron chi connectivity index (χ1n) is 7.96. The molecule has 2 heteroatoms. The van der Waals surface area contributed by atoms with Crippen LogP contribution in [0.15, 0.2) is 29.6 Å². The monoisotopic (exact) mass is 287 g/mol. The van der Waals surface area contributed by atoms with Gasteiger partial charge in [0.15, 0.2) is 0 Å². The minimum absolute atomic E-state index is 0.523. The van der Waals surface area contributed by atoms with Gasteiger partial charge in [0.05, 0.1) is 0 Å². The van der Waals surface area contributed by atoms with Crippen molar-refractivity contribution in [3.63, 3.8) is 0 Å². The van der Waals surface area contributed by atoms with Gasteiger partial charge in [-0.2, -0.15) is 0 Å². The predicted octanol–water partition coefficient (Wildman–Crippen LogP) is 5.38. The molecule has 1 aromatic carbocycles. The largest absolute Gasteiger partial charge is 0.313 e. The molecule has 1 saturated carbocycles. The van der Waals surface area contributed by atoms with E-state index in [-0.39, 0.29) is 0 Å². The smallest absolute Gasteiger partial charge is 0.0390 e. The number of benzene rings is 1. The number of hydrogen-bond acceptors (Lipinski definition) is 2. The lowest BCUT2D eigenvalue weighted by Gasteiger charge is -2.34. The molecule has 0 spiro atoms. The van der Waals surface area contributed by atoms with Gasteiger partial charge < -0.3 is 5.32 Å². The molecule has 1 atom stereocenters. The molecule has 1 unspecified atom stereocenters. The SMILES string of the molecule is CCC1CCC(C(NC)c2cccc3ccsc23)CC1. The van der Waals surface area contributed by atoms with Gasteiger partial charge in [-0.05, 0) is 54.1 Å². The Balaban J connectivity index is 1.85. The molecule has 3 rings (SSSR count). The molecule has 0 amide bonds. The summed E-state index contributed by atoms with van der Waals surface area (Å²) < 4.78 is 1.48. The van der Waals surface area contributed by atoms with Gasteiger partial charge in [0.1, 0.15) is 0 Å². The van der Waals surface area contributed by atoms with Crippen molar-refractivity contribution >= 4 is 21.4 Å². The standard InChI is InChI=1S/C18H25NS/c1-3-13-7-9-14(10-8-13)17(19-2)16-6-4-5-15-11-12-20-18(15)16/h4-6,11-14,17,19H,3,7-10H2,1-2H3. The number of fused-ring (bicyclic) bond motifs is 1. The van der Waals surface area contributed by atoms with Crippen LogP contribution in [-0.2, 0) is 0 Å². The van der Waals surface area contributed by atoms with E-state index in [4.69, 9.17) is 0 Å². The van der Waals surface area contributed by atoms with Crippen LogP contribution >= 0.6 is 11.3 Å². The Kier molecular flexibility index (Phi) is 4.42. The zero-order valence-corrected chi connectivity index (χ0v) is 13.4. The van der Waals surface area contributed by atoms with Crippen molar-refractivity contribution in [2.24, 2.45) is 11.8 Å². The van der Waals surface area contributed by atoms with E-state index in [1.54, 1.807) is 0 Å². The molecule has 1 heterocycles. The summed E-state index contributed by atoms with van der Waals surface area (Å²) in [7, 11) is 2.13. The Morgan fingerprint density at radius 3 is 2.70 bits per heavy atom. The maximum Gasteiger partial charge on any atom is 0.0390 e. The maximum absolute atomic E-state index is 3.61. The van der Waals surface area contributed by atoms with Crippen LogP contribution in [0.4, 0.5) is 0 Å². The maximum atomic E-state index is 3.61. The Labute approximate surface area is 126 Å². The Hall–Kier alpha value is -0.860. The molecular weight excluding hydrogens is 262 g/mol. The zero-order valence-electron chi connectivity index (χ0n) is 12.6. The quantitative estimate of drug-likeness (QED) is 0.796. The summed E-state index contributed by atoms with van der Waals surface area (Å²) in [5.41, 5.74) is 1.51. The van der Waals surface area contributed by atoms with Gasteiger partial charge in [0, 0.05) is 10.7 Å². The Morgan fingerprint density at radius 1 is 1.20 bits per heavy atom. The van der Waals surface area contributed by atoms with E-state index in [2.05, 4.69) is 48.9 Å². The van der Waals surface area contributed by atoms with Crippen molar-refractivity contribution in [2.75, 3.05) is 7.05 Å². The second kappa shape index (κ2) is 6.28. The van der Waals surface area contributed by atoms with Gasteiger partial charge >= 0.3 is 0 Å². The van der Waals surface area contributed by atoms with Crippen LogP contribution in [0, 0.1) is 11.8 Å². The fourth-order valence-electron chi connectivity index (χ4n) is 3.84. The van der Waals surface area contributed by atoms with Gasteiger partial charge in [-0.3, -0.25) is 0 Å². The molecule has 1 aliphatic rings. The third-order valence-corrected chi connectivity index (χ3v) is 6.07. The first-order chi connectivity index (χ1) is 9.83. The summed E-state index contributed by atoms with van der Waals surface area (Å²) in [5, 5.41) is 7.22. The van der Waals surface area contributed by atoms with Crippen molar-refractivity contribution in [1.29, 1.82) is 0 Å². The topological polar surface area (TPSA) is 12.0 Å². The molecule has 1 aromatic heterocycles. The lowest BCUT2D eigenvalue weighted by Crippen LogP contribution is -2.28. The fourth-order valence-corrected chi connectivity index (χ4v) is 4.79. The summed E-state index contributed by atoms with van der Waals surface area (Å²) in [4.78, 5) is 0. The lowest BCUT2D eigenvalue weighted by atomic mass is 9.76. The average Bonchev–Trinajstić information content (AvgIpc) is 2.98. The third-order valence-electron chi connectivity index (χ3n) is 5.10. The highest BCUT2D eigenvalue weighted by Crippen LogP contribution is 2.40. The lowest BCUT2D eigenvalue weighted by molar-refractivity contribution is 0.225. The van der Waals surface area contributed by atoms with Crippen molar-refractivity contribution in [3.8, 4) is 0 Å². The predicted molar refractivity (Wildman–Crippen MR) is 89.4 cm³/mol. The molecule has 0 bridgehead atoms. The summed E-state index contributed by atoms with van der Waals surface area (Å²) in [6.07, 6.45) is 6.95. The first kappa shape index (κ1) is 14.1. The van der Waals surface area contributed by atoms with Gasteiger partial charge in [-0.15, -0.1) is 11.3 Å². The number of rotatable bonds is 4. The number of thiophene rings is 1. The summed E-state index contributed by atoms with van der Waals surface area (Å²) in [6.45, 7) is 2.34. The third kappa shape index (κ3) is 2.64. The molecule has 20 heavy (non-hydrogen) atoms. The summed E-state index contributed by atoms with van der Waals surface area (Å²) in [6, 6.07) is 9.54. The molecule has 1 N–H and O–H groups in total.